The van der Waals surface area contributed by atoms with Gasteiger partial charge in [-0.2, -0.15) is 0 Å². The summed E-state index contributed by atoms with van der Waals surface area (Å²) < 4.78 is 0. The molecule has 120 valence electrons. The summed E-state index contributed by atoms with van der Waals surface area (Å²) >= 11 is 0. The minimum Gasteiger partial charge on any atom is -0.381 e. The first kappa shape index (κ1) is 15.6. The normalized spacial score (nSPS) is 17.8. The Kier molecular flexibility index (Phi) is 4.65. The summed E-state index contributed by atoms with van der Waals surface area (Å²) in [5, 5.41) is 3.59. The van der Waals surface area contributed by atoms with Crippen molar-refractivity contribution in [2.24, 2.45) is 0 Å². The van der Waals surface area contributed by atoms with E-state index in [0.717, 1.165) is 37.2 Å². The SMILES string of the molecule is Cc1ccc(N[C@H]2CCCN(C(=O)c3ccccc3)C2)cc1C. The Morgan fingerprint density at radius 3 is 2.61 bits per heavy atom. The number of hydrogen-bond acceptors (Lipinski definition) is 2. The van der Waals surface area contributed by atoms with Gasteiger partial charge in [-0.3, -0.25) is 4.79 Å². The molecular formula is C20H24N2O. The van der Waals surface area contributed by atoms with E-state index < -0.39 is 0 Å². The number of likely N-dealkylation sites (tertiary alicyclic amines) is 1. The van der Waals surface area contributed by atoms with Crippen molar-refractivity contribution in [1.82, 2.24) is 4.90 Å². The fourth-order valence-electron chi connectivity index (χ4n) is 3.11. The van der Waals surface area contributed by atoms with Gasteiger partial charge in [-0.1, -0.05) is 24.3 Å². The summed E-state index contributed by atoms with van der Waals surface area (Å²) in [6.07, 6.45) is 2.15. The van der Waals surface area contributed by atoms with Crippen molar-refractivity contribution in [3.05, 3.63) is 65.2 Å². The van der Waals surface area contributed by atoms with Crippen LogP contribution < -0.4 is 5.32 Å². The molecule has 3 rings (SSSR count). The van der Waals surface area contributed by atoms with Crippen LogP contribution in [0, 0.1) is 13.8 Å². The fourth-order valence-corrected chi connectivity index (χ4v) is 3.11. The van der Waals surface area contributed by atoms with E-state index in [1.54, 1.807) is 0 Å². The third kappa shape index (κ3) is 3.73. The molecule has 1 N–H and O–H groups in total. The molecule has 3 nitrogen and oxygen atoms in total. The van der Waals surface area contributed by atoms with Crippen LogP contribution >= 0.6 is 0 Å². The monoisotopic (exact) mass is 308 g/mol. The molecule has 1 fully saturated rings. The Morgan fingerprint density at radius 2 is 1.87 bits per heavy atom. The van der Waals surface area contributed by atoms with Gasteiger partial charge in [0.05, 0.1) is 0 Å². The number of piperidine rings is 1. The summed E-state index contributed by atoms with van der Waals surface area (Å²) in [5.41, 5.74) is 4.52. The summed E-state index contributed by atoms with van der Waals surface area (Å²) in [7, 11) is 0. The third-order valence-corrected chi connectivity index (χ3v) is 4.61. The van der Waals surface area contributed by atoms with Crippen molar-refractivity contribution in [2.75, 3.05) is 18.4 Å². The molecule has 0 saturated carbocycles. The van der Waals surface area contributed by atoms with E-state index in [4.69, 9.17) is 0 Å². The second-order valence-electron chi connectivity index (χ2n) is 6.40. The Bertz CT molecular complexity index is 681. The van der Waals surface area contributed by atoms with Crippen molar-refractivity contribution in [3.8, 4) is 0 Å². The lowest BCUT2D eigenvalue weighted by Gasteiger charge is -2.34. The molecule has 1 aliphatic heterocycles. The van der Waals surface area contributed by atoms with E-state index in [-0.39, 0.29) is 5.91 Å². The molecule has 0 bridgehead atoms. The van der Waals surface area contributed by atoms with Crippen LogP contribution in [0.4, 0.5) is 5.69 Å². The molecule has 2 aromatic rings. The standard InChI is InChI=1S/C20H24N2O/c1-15-10-11-18(13-16(15)2)21-19-9-6-12-22(14-19)20(23)17-7-4-3-5-8-17/h3-5,7-8,10-11,13,19,21H,6,9,12,14H2,1-2H3/t19-/m0/s1. The van der Waals surface area contributed by atoms with Crippen LogP contribution in [-0.2, 0) is 0 Å². The minimum absolute atomic E-state index is 0.136. The number of carbonyl (C=O) groups excluding carboxylic acids is 1. The first-order valence-electron chi connectivity index (χ1n) is 8.31. The maximum atomic E-state index is 12.6. The van der Waals surface area contributed by atoms with Gasteiger partial charge in [-0.25, -0.2) is 0 Å². The number of nitrogens with one attached hydrogen (secondary N) is 1. The number of carbonyl (C=O) groups is 1. The van der Waals surface area contributed by atoms with E-state index in [1.165, 1.54) is 11.1 Å². The zero-order chi connectivity index (χ0) is 16.2. The van der Waals surface area contributed by atoms with Gasteiger partial charge >= 0.3 is 0 Å². The number of anilines is 1. The maximum Gasteiger partial charge on any atom is 0.253 e. The highest BCUT2D eigenvalue weighted by Crippen LogP contribution is 2.20. The Morgan fingerprint density at radius 1 is 1.09 bits per heavy atom. The van der Waals surface area contributed by atoms with Gasteiger partial charge in [0.1, 0.15) is 0 Å². The first-order chi connectivity index (χ1) is 11.1. The lowest BCUT2D eigenvalue weighted by atomic mass is 10.0. The highest BCUT2D eigenvalue weighted by Gasteiger charge is 2.24. The zero-order valence-electron chi connectivity index (χ0n) is 13.9. The first-order valence-corrected chi connectivity index (χ1v) is 8.31. The summed E-state index contributed by atoms with van der Waals surface area (Å²) in [5.74, 6) is 0.136. The molecule has 1 heterocycles. The van der Waals surface area contributed by atoms with Gasteiger partial charge in [0.15, 0.2) is 0 Å². The predicted molar refractivity (Wildman–Crippen MR) is 94.9 cm³/mol. The number of aryl methyl sites for hydroxylation is 2. The summed E-state index contributed by atoms with van der Waals surface area (Å²) in [6.45, 7) is 5.87. The van der Waals surface area contributed by atoms with Crippen LogP contribution in [-0.4, -0.2) is 29.9 Å². The average molecular weight is 308 g/mol. The van der Waals surface area contributed by atoms with Crippen LogP contribution in [0.25, 0.3) is 0 Å². The topological polar surface area (TPSA) is 32.3 Å². The molecule has 0 spiro atoms. The molecular weight excluding hydrogens is 284 g/mol. The van der Waals surface area contributed by atoms with Crippen LogP contribution in [0.2, 0.25) is 0 Å². The van der Waals surface area contributed by atoms with Crippen molar-refractivity contribution < 1.29 is 4.79 Å². The van der Waals surface area contributed by atoms with Crippen molar-refractivity contribution in [3.63, 3.8) is 0 Å². The van der Waals surface area contributed by atoms with Gasteiger partial charge in [-0.05, 0) is 62.1 Å². The largest absolute Gasteiger partial charge is 0.381 e. The molecule has 23 heavy (non-hydrogen) atoms. The number of amides is 1. The van der Waals surface area contributed by atoms with Crippen LogP contribution in [0.3, 0.4) is 0 Å². The summed E-state index contributed by atoms with van der Waals surface area (Å²) in [6, 6.07) is 16.3. The smallest absolute Gasteiger partial charge is 0.253 e. The molecule has 3 heteroatoms. The van der Waals surface area contributed by atoms with Gasteiger partial charge in [-0.15, -0.1) is 0 Å². The maximum absolute atomic E-state index is 12.6. The summed E-state index contributed by atoms with van der Waals surface area (Å²) in [4.78, 5) is 14.6. The fraction of sp³-hybridized carbons (Fsp3) is 0.350. The number of hydrogen-bond donors (Lipinski definition) is 1. The number of rotatable bonds is 3. The zero-order valence-corrected chi connectivity index (χ0v) is 13.9. The quantitative estimate of drug-likeness (QED) is 0.929. The van der Waals surface area contributed by atoms with Crippen molar-refractivity contribution in [1.29, 1.82) is 0 Å². The molecule has 0 radical (unpaired) electrons. The Labute approximate surface area is 138 Å². The van der Waals surface area contributed by atoms with Crippen molar-refractivity contribution >= 4 is 11.6 Å². The molecule has 1 saturated heterocycles. The van der Waals surface area contributed by atoms with E-state index in [1.807, 2.05) is 35.2 Å². The average Bonchev–Trinajstić information content (AvgIpc) is 2.58. The third-order valence-electron chi connectivity index (χ3n) is 4.61. The van der Waals surface area contributed by atoms with E-state index in [2.05, 4.69) is 37.4 Å². The second-order valence-corrected chi connectivity index (χ2v) is 6.40. The Balaban J connectivity index is 1.66. The van der Waals surface area contributed by atoms with Gasteiger partial charge in [0.25, 0.3) is 5.91 Å². The van der Waals surface area contributed by atoms with Crippen LogP contribution in [0.5, 0.6) is 0 Å². The molecule has 0 aromatic heterocycles. The van der Waals surface area contributed by atoms with Crippen molar-refractivity contribution in [2.45, 2.75) is 32.7 Å². The Hall–Kier alpha value is -2.29. The molecule has 0 aliphatic carbocycles. The van der Waals surface area contributed by atoms with E-state index in [9.17, 15) is 4.79 Å². The lowest BCUT2D eigenvalue weighted by molar-refractivity contribution is 0.0715. The predicted octanol–water partition coefficient (Wildman–Crippen LogP) is 4.02. The van der Waals surface area contributed by atoms with E-state index in [0.29, 0.717) is 6.04 Å². The molecule has 2 aromatic carbocycles. The minimum atomic E-state index is 0.136. The number of nitrogens with zero attached hydrogens (tertiary/aromatic N) is 1. The molecule has 0 unspecified atom stereocenters. The molecule has 1 amide bonds. The molecule has 1 atom stereocenters. The lowest BCUT2D eigenvalue weighted by Crippen LogP contribution is -2.45. The van der Waals surface area contributed by atoms with Crippen LogP contribution in [0.1, 0.15) is 34.3 Å². The molecule has 1 aliphatic rings. The highest BCUT2D eigenvalue weighted by molar-refractivity contribution is 5.94. The second kappa shape index (κ2) is 6.86. The van der Waals surface area contributed by atoms with Crippen LogP contribution in [0.15, 0.2) is 48.5 Å². The highest BCUT2D eigenvalue weighted by atomic mass is 16.2. The van der Waals surface area contributed by atoms with E-state index >= 15 is 0 Å². The van der Waals surface area contributed by atoms with Gasteiger partial charge in [0.2, 0.25) is 0 Å². The van der Waals surface area contributed by atoms with Gasteiger partial charge < -0.3 is 10.2 Å². The number of benzene rings is 2. The van der Waals surface area contributed by atoms with Gasteiger partial charge in [0, 0.05) is 30.4 Å².